The molecular formula is C57H109NO5. The highest BCUT2D eigenvalue weighted by Crippen LogP contribution is 2.16. The summed E-state index contributed by atoms with van der Waals surface area (Å²) < 4.78 is 5.47. The van der Waals surface area contributed by atoms with E-state index in [1.165, 1.54) is 225 Å². The largest absolute Gasteiger partial charge is 0.466 e. The summed E-state index contributed by atoms with van der Waals surface area (Å²) in [6.07, 6.45) is 63.2. The van der Waals surface area contributed by atoms with Crippen LogP contribution in [0, 0.1) is 0 Å². The number of rotatable bonds is 52. The molecule has 372 valence electrons. The minimum atomic E-state index is -0.664. The number of nitrogens with one attached hydrogen (secondary N) is 1. The second-order valence-corrected chi connectivity index (χ2v) is 19.3. The van der Waals surface area contributed by atoms with Crippen LogP contribution in [0.2, 0.25) is 0 Å². The van der Waals surface area contributed by atoms with Crippen LogP contribution in [0.3, 0.4) is 0 Å². The molecular weight excluding hydrogens is 779 g/mol. The summed E-state index contributed by atoms with van der Waals surface area (Å²) in [5.41, 5.74) is 0. The van der Waals surface area contributed by atoms with Gasteiger partial charge in [0.15, 0.2) is 0 Å². The lowest BCUT2D eigenvalue weighted by atomic mass is 10.0. The molecule has 0 aliphatic rings. The number of carbonyl (C=O) groups excluding carboxylic acids is 2. The number of carbonyl (C=O) groups is 2. The van der Waals surface area contributed by atoms with Crippen LogP contribution in [-0.2, 0) is 14.3 Å². The molecule has 0 aromatic carbocycles. The highest BCUT2D eigenvalue weighted by Gasteiger charge is 2.20. The maximum atomic E-state index is 12.4. The van der Waals surface area contributed by atoms with Gasteiger partial charge in [-0.3, -0.25) is 9.59 Å². The molecule has 2 atom stereocenters. The summed E-state index contributed by atoms with van der Waals surface area (Å²) in [6.45, 7) is 4.91. The Morgan fingerprint density at radius 2 is 0.746 bits per heavy atom. The van der Waals surface area contributed by atoms with Crippen LogP contribution in [0.25, 0.3) is 0 Å². The van der Waals surface area contributed by atoms with Gasteiger partial charge >= 0.3 is 5.97 Å². The van der Waals surface area contributed by atoms with Crippen LogP contribution >= 0.6 is 0 Å². The first kappa shape index (κ1) is 61.3. The number of amides is 1. The molecule has 0 spiro atoms. The Bertz CT molecular complexity index is 982. The van der Waals surface area contributed by atoms with Crippen molar-refractivity contribution in [3.8, 4) is 0 Å². The third kappa shape index (κ3) is 49.6. The normalized spacial score (nSPS) is 12.8. The fourth-order valence-corrected chi connectivity index (χ4v) is 8.63. The smallest absolute Gasteiger partial charge is 0.305 e. The minimum Gasteiger partial charge on any atom is -0.466 e. The standard InChI is InChI=1S/C57H109NO5/c1-3-5-7-9-11-13-14-27-31-35-39-43-47-51-57(62)63-52-48-44-40-36-32-29-26-24-22-20-18-16-15-17-19-21-23-25-28-30-34-38-42-46-50-56(61)58-54(53-59)55(60)49-45-41-37-33-12-10-8-6-4-2/h13-14,17,19,54-55,59-60H,3-12,15-16,18,20-53H2,1-2H3,(H,58,61)/b14-13-,19-17-. The van der Waals surface area contributed by atoms with Crippen molar-refractivity contribution in [2.75, 3.05) is 13.2 Å². The first-order chi connectivity index (χ1) is 31.0. The summed E-state index contributed by atoms with van der Waals surface area (Å²) in [5.74, 6) is -0.0388. The number of ether oxygens (including phenoxy) is 1. The lowest BCUT2D eigenvalue weighted by Crippen LogP contribution is -2.45. The highest BCUT2D eigenvalue weighted by molar-refractivity contribution is 5.76. The predicted molar refractivity (Wildman–Crippen MR) is 273 cm³/mol. The third-order valence-corrected chi connectivity index (χ3v) is 13.0. The minimum absolute atomic E-state index is 0.00302. The molecule has 0 radical (unpaired) electrons. The molecule has 0 aliphatic heterocycles. The molecule has 63 heavy (non-hydrogen) atoms. The van der Waals surface area contributed by atoms with Crippen LogP contribution in [0.1, 0.15) is 303 Å². The summed E-state index contributed by atoms with van der Waals surface area (Å²) in [5, 5.41) is 23.1. The summed E-state index contributed by atoms with van der Waals surface area (Å²) in [6, 6.07) is -0.542. The zero-order valence-electron chi connectivity index (χ0n) is 42.3. The first-order valence-electron chi connectivity index (χ1n) is 28.1. The van der Waals surface area contributed by atoms with Crippen LogP contribution in [0.4, 0.5) is 0 Å². The predicted octanol–water partition coefficient (Wildman–Crippen LogP) is 17.1. The van der Waals surface area contributed by atoms with Crippen molar-refractivity contribution in [2.24, 2.45) is 0 Å². The van der Waals surface area contributed by atoms with E-state index in [-0.39, 0.29) is 18.5 Å². The van der Waals surface area contributed by atoms with Crippen molar-refractivity contribution in [2.45, 2.75) is 315 Å². The molecule has 6 heteroatoms. The summed E-state index contributed by atoms with van der Waals surface area (Å²) >= 11 is 0. The Labute approximate surface area is 392 Å². The van der Waals surface area contributed by atoms with Gasteiger partial charge in [0.25, 0.3) is 0 Å². The third-order valence-electron chi connectivity index (χ3n) is 13.0. The molecule has 0 saturated heterocycles. The number of hydrogen-bond donors (Lipinski definition) is 3. The SMILES string of the molecule is CCCCCC/C=C\CCCCCCCC(=O)OCCCCCCCCCCCCCC/C=C\CCCCCCCCCCC(=O)NC(CO)C(O)CCCCCCCCCCC. The van der Waals surface area contributed by atoms with Gasteiger partial charge in [-0.2, -0.15) is 0 Å². The molecule has 0 rings (SSSR count). The van der Waals surface area contributed by atoms with Gasteiger partial charge in [0, 0.05) is 12.8 Å². The van der Waals surface area contributed by atoms with Gasteiger partial charge in [-0.15, -0.1) is 0 Å². The first-order valence-corrected chi connectivity index (χ1v) is 28.1. The van der Waals surface area contributed by atoms with Crippen molar-refractivity contribution in [3.63, 3.8) is 0 Å². The van der Waals surface area contributed by atoms with Gasteiger partial charge in [-0.25, -0.2) is 0 Å². The van der Waals surface area contributed by atoms with Gasteiger partial charge in [-0.05, 0) is 77.0 Å². The van der Waals surface area contributed by atoms with E-state index in [1.54, 1.807) is 0 Å². The molecule has 1 amide bonds. The van der Waals surface area contributed by atoms with Gasteiger partial charge in [-0.1, -0.05) is 237 Å². The summed E-state index contributed by atoms with van der Waals surface area (Å²) in [7, 11) is 0. The number of allylic oxidation sites excluding steroid dienone is 4. The Kier molecular flexibility index (Phi) is 51.6. The van der Waals surface area contributed by atoms with E-state index in [2.05, 4.69) is 43.5 Å². The lowest BCUT2D eigenvalue weighted by Gasteiger charge is -2.22. The monoisotopic (exact) mass is 888 g/mol. The second kappa shape index (κ2) is 53.0. The highest BCUT2D eigenvalue weighted by atomic mass is 16.5. The average molecular weight is 889 g/mol. The fraction of sp³-hybridized carbons (Fsp3) is 0.895. The van der Waals surface area contributed by atoms with Crippen LogP contribution in [0.5, 0.6) is 0 Å². The van der Waals surface area contributed by atoms with Crippen molar-refractivity contribution in [1.82, 2.24) is 5.32 Å². The van der Waals surface area contributed by atoms with Gasteiger partial charge in [0.2, 0.25) is 5.91 Å². The maximum absolute atomic E-state index is 12.4. The van der Waals surface area contributed by atoms with E-state index in [1.807, 2.05) is 0 Å². The average Bonchev–Trinajstić information content (AvgIpc) is 3.28. The molecule has 0 aromatic rings. The molecule has 0 aliphatic carbocycles. The zero-order chi connectivity index (χ0) is 45.8. The number of unbranched alkanes of at least 4 members (excludes halogenated alkanes) is 37. The van der Waals surface area contributed by atoms with Crippen molar-refractivity contribution in [1.29, 1.82) is 0 Å². The van der Waals surface area contributed by atoms with Crippen LogP contribution < -0.4 is 5.32 Å². The molecule has 0 fully saturated rings. The van der Waals surface area contributed by atoms with E-state index in [9.17, 15) is 19.8 Å². The van der Waals surface area contributed by atoms with Crippen molar-refractivity contribution >= 4 is 11.9 Å². The number of aliphatic hydroxyl groups is 2. The molecule has 3 N–H and O–H groups in total. The quantitative estimate of drug-likeness (QED) is 0.0321. The number of hydrogen-bond acceptors (Lipinski definition) is 5. The van der Waals surface area contributed by atoms with E-state index in [0.717, 1.165) is 44.9 Å². The molecule has 6 nitrogen and oxygen atoms in total. The lowest BCUT2D eigenvalue weighted by molar-refractivity contribution is -0.143. The molecule has 0 aromatic heterocycles. The van der Waals surface area contributed by atoms with Gasteiger partial charge in [0.05, 0.1) is 25.4 Å². The molecule has 0 heterocycles. The topological polar surface area (TPSA) is 95.9 Å². The summed E-state index contributed by atoms with van der Waals surface area (Å²) in [4.78, 5) is 24.4. The Hall–Kier alpha value is -1.66. The molecule has 2 unspecified atom stereocenters. The van der Waals surface area contributed by atoms with E-state index in [0.29, 0.717) is 25.9 Å². The number of aliphatic hydroxyl groups excluding tert-OH is 2. The van der Waals surface area contributed by atoms with Crippen molar-refractivity contribution < 1.29 is 24.5 Å². The molecule has 0 saturated carbocycles. The zero-order valence-corrected chi connectivity index (χ0v) is 42.3. The maximum Gasteiger partial charge on any atom is 0.305 e. The Balaban J connectivity index is 3.38. The van der Waals surface area contributed by atoms with E-state index in [4.69, 9.17) is 4.74 Å². The van der Waals surface area contributed by atoms with Crippen molar-refractivity contribution in [3.05, 3.63) is 24.3 Å². The number of esters is 1. The molecule has 0 bridgehead atoms. The Morgan fingerprint density at radius 3 is 1.14 bits per heavy atom. The van der Waals surface area contributed by atoms with E-state index >= 15 is 0 Å². The van der Waals surface area contributed by atoms with Gasteiger partial charge < -0.3 is 20.3 Å². The van der Waals surface area contributed by atoms with Gasteiger partial charge in [0.1, 0.15) is 0 Å². The van der Waals surface area contributed by atoms with Crippen LogP contribution in [-0.4, -0.2) is 47.4 Å². The van der Waals surface area contributed by atoms with Crippen LogP contribution in [0.15, 0.2) is 24.3 Å². The van der Waals surface area contributed by atoms with E-state index < -0.39 is 12.1 Å². The second-order valence-electron chi connectivity index (χ2n) is 19.3. The Morgan fingerprint density at radius 1 is 0.429 bits per heavy atom. The fourth-order valence-electron chi connectivity index (χ4n) is 8.63.